The molecule has 5 nitrogen and oxygen atoms in total. The largest absolute Gasteiger partial charge is 0.449 e. The monoisotopic (exact) mass is 238 g/mol. The van der Waals surface area contributed by atoms with Gasteiger partial charge in [0, 0.05) is 25.3 Å². The maximum atomic E-state index is 12.0. The van der Waals surface area contributed by atoms with E-state index in [0.717, 1.165) is 25.8 Å². The Kier molecular flexibility index (Phi) is 4.03. The number of amides is 2. The molecule has 0 aromatic carbocycles. The first-order valence-corrected chi connectivity index (χ1v) is 6.03. The fraction of sp³-hybridized carbons (Fsp3) is 0.583. The zero-order valence-corrected chi connectivity index (χ0v) is 9.76. The van der Waals surface area contributed by atoms with Gasteiger partial charge in [-0.1, -0.05) is 0 Å². The Bertz CT molecular complexity index is 349. The molecule has 2 amide bonds. The molecule has 0 radical (unpaired) electrons. The topological polar surface area (TPSA) is 65.7 Å². The van der Waals surface area contributed by atoms with Crippen LogP contribution in [0, 0.1) is 0 Å². The number of nitrogens with one attached hydrogen (secondary N) is 1. The van der Waals surface area contributed by atoms with Crippen molar-refractivity contribution in [2.75, 3.05) is 18.5 Å². The summed E-state index contributed by atoms with van der Waals surface area (Å²) >= 11 is 0. The van der Waals surface area contributed by atoms with Crippen molar-refractivity contribution >= 4 is 11.9 Å². The molecule has 1 fully saturated rings. The van der Waals surface area contributed by atoms with Gasteiger partial charge < -0.3 is 14.4 Å². The van der Waals surface area contributed by atoms with Crippen LogP contribution in [0.15, 0.2) is 22.8 Å². The zero-order chi connectivity index (χ0) is 12.1. The second-order valence-corrected chi connectivity index (χ2v) is 4.26. The summed E-state index contributed by atoms with van der Waals surface area (Å²) in [5, 5.41) is 11.7. The zero-order valence-electron chi connectivity index (χ0n) is 9.76. The van der Waals surface area contributed by atoms with E-state index in [2.05, 4.69) is 5.32 Å². The number of furan rings is 1. The number of aliphatic hydroxyl groups is 1. The highest BCUT2D eigenvalue weighted by molar-refractivity contribution is 5.88. The minimum atomic E-state index is -0.141. The predicted molar refractivity (Wildman–Crippen MR) is 63.8 cm³/mol. The van der Waals surface area contributed by atoms with Crippen LogP contribution in [0.1, 0.15) is 25.7 Å². The van der Waals surface area contributed by atoms with Crippen molar-refractivity contribution in [1.29, 1.82) is 0 Å². The molecule has 2 rings (SSSR count). The first-order chi connectivity index (χ1) is 8.31. The number of likely N-dealkylation sites (tertiary alicyclic amines) is 1. The Morgan fingerprint density at radius 1 is 1.59 bits per heavy atom. The maximum Gasteiger partial charge on any atom is 0.324 e. The fourth-order valence-electron chi connectivity index (χ4n) is 2.24. The lowest BCUT2D eigenvalue weighted by molar-refractivity contribution is 0.141. The molecule has 94 valence electrons. The standard InChI is InChI=1S/C12H18N2O3/c15-8-6-10-4-1-2-7-14(10)12(16)13-11-5-3-9-17-11/h3,5,9-10,15H,1-2,4,6-8H2,(H,13,16). The fourth-order valence-corrected chi connectivity index (χ4v) is 2.24. The molecular formula is C12H18N2O3. The number of nitrogens with zero attached hydrogens (tertiary/aromatic N) is 1. The average Bonchev–Trinajstić information content (AvgIpc) is 2.83. The average molecular weight is 238 g/mol. The van der Waals surface area contributed by atoms with Gasteiger partial charge in [-0.25, -0.2) is 4.79 Å². The van der Waals surface area contributed by atoms with Crippen molar-refractivity contribution in [2.24, 2.45) is 0 Å². The van der Waals surface area contributed by atoms with E-state index in [0.29, 0.717) is 12.3 Å². The molecule has 1 aromatic rings. The highest BCUT2D eigenvalue weighted by Crippen LogP contribution is 2.20. The first-order valence-electron chi connectivity index (χ1n) is 6.03. The van der Waals surface area contributed by atoms with Crippen molar-refractivity contribution in [2.45, 2.75) is 31.7 Å². The number of aliphatic hydroxyl groups excluding tert-OH is 1. The van der Waals surface area contributed by atoms with Crippen LogP contribution in [0.4, 0.5) is 10.7 Å². The summed E-state index contributed by atoms with van der Waals surface area (Å²) in [6, 6.07) is 3.45. The summed E-state index contributed by atoms with van der Waals surface area (Å²) in [4.78, 5) is 13.8. The third-order valence-corrected chi connectivity index (χ3v) is 3.10. The number of anilines is 1. The Morgan fingerprint density at radius 3 is 3.18 bits per heavy atom. The van der Waals surface area contributed by atoms with E-state index in [1.54, 1.807) is 17.0 Å². The summed E-state index contributed by atoms with van der Waals surface area (Å²) in [6.07, 6.45) is 5.28. The van der Waals surface area contributed by atoms with Crippen LogP contribution >= 0.6 is 0 Å². The molecule has 1 aliphatic rings. The van der Waals surface area contributed by atoms with Gasteiger partial charge in [0.05, 0.1) is 6.26 Å². The quantitative estimate of drug-likeness (QED) is 0.847. The van der Waals surface area contributed by atoms with Crippen molar-refractivity contribution in [3.05, 3.63) is 18.4 Å². The molecule has 0 bridgehead atoms. The van der Waals surface area contributed by atoms with Gasteiger partial charge in [-0.15, -0.1) is 0 Å². The van der Waals surface area contributed by atoms with Crippen LogP contribution in [-0.4, -0.2) is 35.2 Å². The normalized spacial score (nSPS) is 20.3. The van der Waals surface area contributed by atoms with E-state index in [4.69, 9.17) is 9.52 Å². The third kappa shape index (κ3) is 3.00. The lowest BCUT2D eigenvalue weighted by Gasteiger charge is -2.35. The molecule has 1 atom stereocenters. The molecule has 0 spiro atoms. The van der Waals surface area contributed by atoms with Crippen LogP contribution in [0.2, 0.25) is 0 Å². The van der Waals surface area contributed by atoms with Gasteiger partial charge >= 0.3 is 6.03 Å². The highest BCUT2D eigenvalue weighted by Gasteiger charge is 2.26. The summed E-state index contributed by atoms with van der Waals surface area (Å²) in [5.41, 5.74) is 0. The van der Waals surface area contributed by atoms with Gasteiger partial charge in [-0.2, -0.15) is 0 Å². The van der Waals surface area contributed by atoms with Gasteiger partial charge in [0.25, 0.3) is 0 Å². The van der Waals surface area contributed by atoms with Crippen LogP contribution in [-0.2, 0) is 0 Å². The van der Waals surface area contributed by atoms with E-state index < -0.39 is 0 Å². The lowest BCUT2D eigenvalue weighted by Crippen LogP contribution is -2.46. The number of urea groups is 1. The van der Waals surface area contributed by atoms with Gasteiger partial charge in [0.15, 0.2) is 0 Å². The van der Waals surface area contributed by atoms with Crippen molar-refractivity contribution in [3.8, 4) is 0 Å². The summed E-state index contributed by atoms with van der Waals surface area (Å²) in [7, 11) is 0. The van der Waals surface area contributed by atoms with Crippen molar-refractivity contribution < 1.29 is 14.3 Å². The Labute approximate surface area is 100 Å². The summed E-state index contributed by atoms with van der Waals surface area (Å²) in [6.45, 7) is 0.867. The number of piperidine rings is 1. The molecular weight excluding hydrogens is 220 g/mol. The molecule has 1 unspecified atom stereocenters. The smallest absolute Gasteiger partial charge is 0.324 e. The van der Waals surface area contributed by atoms with E-state index in [-0.39, 0.29) is 18.7 Å². The van der Waals surface area contributed by atoms with E-state index in [1.165, 1.54) is 6.26 Å². The van der Waals surface area contributed by atoms with E-state index in [1.807, 2.05) is 0 Å². The second kappa shape index (κ2) is 5.72. The number of hydrogen-bond acceptors (Lipinski definition) is 3. The van der Waals surface area contributed by atoms with Gasteiger partial charge in [0.2, 0.25) is 5.88 Å². The van der Waals surface area contributed by atoms with E-state index in [9.17, 15) is 4.79 Å². The van der Waals surface area contributed by atoms with Crippen LogP contribution in [0.3, 0.4) is 0 Å². The summed E-state index contributed by atoms with van der Waals surface area (Å²) in [5.74, 6) is 0.461. The van der Waals surface area contributed by atoms with Gasteiger partial charge in [-0.3, -0.25) is 5.32 Å². The van der Waals surface area contributed by atoms with Gasteiger partial charge in [-0.05, 0) is 31.7 Å². The highest BCUT2D eigenvalue weighted by atomic mass is 16.3. The Hall–Kier alpha value is -1.49. The van der Waals surface area contributed by atoms with Gasteiger partial charge in [0.1, 0.15) is 0 Å². The molecule has 1 saturated heterocycles. The first kappa shape index (κ1) is 12.0. The van der Waals surface area contributed by atoms with Crippen LogP contribution in [0.5, 0.6) is 0 Å². The molecule has 1 aromatic heterocycles. The van der Waals surface area contributed by atoms with E-state index >= 15 is 0 Å². The molecule has 5 heteroatoms. The SMILES string of the molecule is O=C(Nc1ccco1)N1CCCCC1CCO. The molecule has 2 N–H and O–H groups in total. The summed E-state index contributed by atoms with van der Waals surface area (Å²) < 4.78 is 5.08. The van der Waals surface area contributed by atoms with Crippen molar-refractivity contribution in [1.82, 2.24) is 4.90 Å². The Balaban J connectivity index is 1.96. The number of hydrogen-bond donors (Lipinski definition) is 2. The molecule has 1 aliphatic heterocycles. The molecule has 0 aliphatic carbocycles. The second-order valence-electron chi connectivity index (χ2n) is 4.26. The van der Waals surface area contributed by atoms with Crippen LogP contribution in [0.25, 0.3) is 0 Å². The molecule has 17 heavy (non-hydrogen) atoms. The predicted octanol–water partition coefficient (Wildman–Crippen LogP) is 2.05. The number of carbonyl (C=O) groups excluding carboxylic acids is 1. The van der Waals surface area contributed by atoms with Crippen molar-refractivity contribution in [3.63, 3.8) is 0 Å². The minimum absolute atomic E-state index is 0.120. The molecule has 0 saturated carbocycles. The third-order valence-electron chi connectivity index (χ3n) is 3.10. The number of rotatable bonds is 3. The Morgan fingerprint density at radius 2 is 2.47 bits per heavy atom. The lowest BCUT2D eigenvalue weighted by atomic mass is 10.0. The van der Waals surface area contributed by atoms with Crippen LogP contribution < -0.4 is 5.32 Å². The number of carbonyl (C=O) groups is 1. The molecule has 2 heterocycles. The minimum Gasteiger partial charge on any atom is -0.449 e. The maximum absolute atomic E-state index is 12.0.